The van der Waals surface area contributed by atoms with Crippen LogP contribution in [0.5, 0.6) is 11.5 Å². The molecule has 0 atom stereocenters. The number of hydrogen-bond acceptors (Lipinski definition) is 7. The minimum atomic E-state index is 0.0705. The fraction of sp³-hybridized carbons (Fsp3) is 0.182. The minimum Gasteiger partial charge on any atom is -0.493 e. The fourth-order valence-corrected chi connectivity index (χ4v) is 1.40. The van der Waals surface area contributed by atoms with Crippen LogP contribution in [0.1, 0.15) is 5.82 Å². The van der Waals surface area contributed by atoms with Gasteiger partial charge in [0, 0.05) is 0 Å². The molecule has 7 nitrogen and oxygen atoms in total. The van der Waals surface area contributed by atoms with Crippen LogP contribution in [0.25, 0.3) is 0 Å². The van der Waals surface area contributed by atoms with Crippen molar-refractivity contribution < 1.29 is 9.47 Å². The molecule has 1 aromatic carbocycles. The highest BCUT2D eigenvalue weighted by atomic mass is 16.5. The zero-order valence-electron chi connectivity index (χ0n) is 9.83. The zero-order chi connectivity index (χ0) is 13.0. The molecule has 0 fully saturated rings. The number of nitrogens with zero attached hydrogens (tertiary/aromatic N) is 3. The van der Waals surface area contributed by atoms with Crippen LogP contribution in [0, 0.1) is 0 Å². The third-order valence-electron chi connectivity index (χ3n) is 2.14. The van der Waals surface area contributed by atoms with E-state index in [1.54, 1.807) is 19.2 Å². The van der Waals surface area contributed by atoms with E-state index in [9.17, 15) is 0 Å². The molecule has 0 amide bonds. The smallest absolute Gasteiger partial charge is 0.225 e. The molecule has 4 N–H and O–H groups in total. The fourth-order valence-electron chi connectivity index (χ4n) is 1.40. The Kier molecular flexibility index (Phi) is 3.42. The molecule has 0 bridgehead atoms. The molecule has 0 saturated carbocycles. The molecule has 2 rings (SSSR count). The van der Waals surface area contributed by atoms with Gasteiger partial charge in [-0.1, -0.05) is 12.1 Å². The van der Waals surface area contributed by atoms with E-state index in [0.29, 0.717) is 17.3 Å². The molecule has 7 heteroatoms. The van der Waals surface area contributed by atoms with E-state index < -0.39 is 0 Å². The zero-order valence-corrected chi connectivity index (χ0v) is 9.83. The van der Waals surface area contributed by atoms with Crippen molar-refractivity contribution in [3.63, 3.8) is 0 Å². The number of benzene rings is 1. The lowest BCUT2D eigenvalue weighted by Crippen LogP contribution is -2.09. The normalized spacial score (nSPS) is 10.1. The number of anilines is 2. The number of methoxy groups -OCH3 is 1. The maximum Gasteiger partial charge on any atom is 0.225 e. The highest BCUT2D eigenvalue weighted by Gasteiger charge is 2.06. The monoisotopic (exact) mass is 247 g/mol. The van der Waals surface area contributed by atoms with Gasteiger partial charge in [0.25, 0.3) is 0 Å². The van der Waals surface area contributed by atoms with Crippen molar-refractivity contribution in [2.75, 3.05) is 18.6 Å². The molecule has 0 saturated heterocycles. The van der Waals surface area contributed by atoms with Gasteiger partial charge in [0.1, 0.15) is 6.61 Å². The highest BCUT2D eigenvalue weighted by molar-refractivity contribution is 5.39. The van der Waals surface area contributed by atoms with Gasteiger partial charge in [-0.05, 0) is 12.1 Å². The number of nitrogen functional groups attached to an aromatic ring is 2. The molecule has 1 heterocycles. The molecule has 0 aliphatic heterocycles. The van der Waals surface area contributed by atoms with Crippen LogP contribution >= 0.6 is 0 Å². The molecule has 0 aliphatic rings. The molecule has 0 unspecified atom stereocenters. The largest absolute Gasteiger partial charge is 0.493 e. The predicted octanol–water partition coefficient (Wildman–Crippen LogP) is 0.624. The topological polar surface area (TPSA) is 109 Å². The number of nitrogens with two attached hydrogens (primary N) is 2. The van der Waals surface area contributed by atoms with Crippen molar-refractivity contribution >= 4 is 11.9 Å². The van der Waals surface area contributed by atoms with Gasteiger partial charge in [-0.15, -0.1) is 0 Å². The SMILES string of the molecule is COc1ccccc1OCc1nc(N)nc(N)n1. The van der Waals surface area contributed by atoms with Crippen LogP contribution in [0.4, 0.5) is 11.9 Å². The van der Waals surface area contributed by atoms with Crippen molar-refractivity contribution in [3.05, 3.63) is 30.1 Å². The first-order chi connectivity index (χ1) is 8.69. The molecular weight excluding hydrogens is 234 g/mol. The molecule has 2 aromatic rings. The first kappa shape index (κ1) is 11.9. The number of rotatable bonds is 4. The van der Waals surface area contributed by atoms with E-state index in [4.69, 9.17) is 20.9 Å². The maximum atomic E-state index is 5.54. The molecule has 18 heavy (non-hydrogen) atoms. The van der Waals surface area contributed by atoms with E-state index in [1.807, 2.05) is 12.1 Å². The second-order valence-electron chi connectivity index (χ2n) is 3.41. The van der Waals surface area contributed by atoms with Crippen LogP contribution < -0.4 is 20.9 Å². The average molecular weight is 247 g/mol. The van der Waals surface area contributed by atoms with E-state index in [-0.39, 0.29) is 18.5 Å². The van der Waals surface area contributed by atoms with Gasteiger partial charge in [-0.2, -0.15) is 15.0 Å². The highest BCUT2D eigenvalue weighted by Crippen LogP contribution is 2.26. The summed E-state index contributed by atoms with van der Waals surface area (Å²) in [6.07, 6.45) is 0. The second-order valence-corrected chi connectivity index (χ2v) is 3.41. The summed E-state index contributed by atoms with van der Waals surface area (Å²) in [5.74, 6) is 1.73. The third kappa shape index (κ3) is 2.76. The summed E-state index contributed by atoms with van der Waals surface area (Å²) in [5, 5.41) is 0. The van der Waals surface area contributed by atoms with Crippen molar-refractivity contribution in [1.82, 2.24) is 15.0 Å². The Bertz CT molecular complexity index is 526. The summed E-state index contributed by atoms with van der Waals surface area (Å²) in [6.45, 7) is 0.136. The van der Waals surface area contributed by atoms with Crippen molar-refractivity contribution in [2.24, 2.45) is 0 Å². The average Bonchev–Trinajstić information content (AvgIpc) is 2.35. The van der Waals surface area contributed by atoms with Crippen molar-refractivity contribution in [1.29, 1.82) is 0 Å². The standard InChI is InChI=1S/C11H13N5O2/c1-17-7-4-2-3-5-8(7)18-6-9-14-10(12)16-11(13)15-9/h2-5H,6H2,1H3,(H4,12,13,14,15,16). The summed E-state index contributed by atoms with van der Waals surface area (Å²) in [5.41, 5.74) is 10.9. The summed E-state index contributed by atoms with van der Waals surface area (Å²) >= 11 is 0. The van der Waals surface area contributed by atoms with E-state index >= 15 is 0 Å². The Hall–Kier alpha value is -2.57. The first-order valence-electron chi connectivity index (χ1n) is 5.21. The van der Waals surface area contributed by atoms with Gasteiger partial charge in [0.05, 0.1) is 7.11 Å². The Balaban J connectivity index is 2.11. The van der Waals surface area contributed by atoms with E-state index in [0.717, 1.165) is 0 Å². The second kappa shape index (κ2) is 5.17. The predicted molar refractivity (Wildman–Crippen MR) is 66.0 cm³/mol. The van der Waals surface area contributed by atoms with Gasteiger partial charge in [-0.3, -0.25) is 0 Å². The van der Waals surface area contributed by atoms with E-state index in [1.165, 1.54) is 0 Å². The lowest BCUT2D eigenvalue weighted by Gasteiger charge is -2.09. The number of ether oxygens (including phenoxy) is 2. The van der Waals surface area contributed by atoms with Gasteiger partial charge < -0.3 is 20.9 Å². The van der Waals surface area contributed by atoms with Gasteiger partial charge in [-0.25, -0.2) is 0 Å². The Morgan fingerprint density at radius 3 is 2.22 bits per heavy atom. The molecule has 0 radical (unpaired) electrons. The lowest BCUT2D eigenvalue weighted by molar-refractivity contribution is 0.276. The Labute approximate surface area is 104 Å². The van der Waals surface area contributed by atoms with Crippen molar-refractivity contribution in [2.45, 2.75) is 6.61 Å². The number of hydrogen-bond donors (Lipinski definition) is 2. The number of aromatic nitrogens is 3. The number of para-hydroxylation sites is 2. The van der Waals surface area contributed by atoms with Crippen LogP contribution in [0.15, 0.2) is 24.3 Å². The molecule has 0 aliphatic carbocycles. The van der Waals surface area contributed by atoms with Crippen LogP contribution in [-0.2, 0) is 6.61 Å². The summed E-state index contributed by atoms with van der Waals surface area (Å²) < 4.78 is 10.7. The first-order valence-corrected chi connectivity index (χ1v) is 5.21. The summed E-state index contributed by atoms with van der Waals surface area (Å²) in [4.78, 5) is 11.5. The minimum absolute atomic E-state index is 0.0705. The Morgan fingerprint density at radius 1 is 1.00 bits per heavy atom. The van der Waals surface area contributed by atoms with E-state index in [2.05, 4.69) is 15.0 Å². The van der Waals surface area contributed by atoms with Gasteiger partial charge >= 0.3 is 0 Å². The third-order valence-corrected chi connectivity index (χ3v) is 2.14. The molecular formula is C11H13N5O2. The molecule has 0 spiro atoms. The van der Waals surface area contributed by atoms with Crippen LogP contribution in [-0.4, -0.2) is 22.1 Å². The molecule has 1 aromatic heterocycles. The van der Waals surface area contributed by atoms with Gasteiger partial charge in [0.15, 0.2) is 17.3 Å². The van der Waals surface area contributed by atoms with Gasteiger partial charge in [0.2, 0.25) is 11.9 Å². The van der Waals surface area contributed by atoms with Crippen LogP contribution in [0.2, 0.25) is 0 Å². The van der Waals surface area contributed by atoms with Crippen LogP contribution in [0.3, 0.4) is 0 Å². The summed E-state index contributed by atoms with van der Waals surface area (Å²) in [6, 6.07) is 7.27. The maximum absolute atomic E-state index is 5.54. The lowest BCUT2D eigenvalue weighted by atomic mass is 10.3. The summed E-state index contributed by atoms with van der Waals surface area (Å²) in [7, 11) is 1.57. The van der Waals surface area contributed by atoms with Crippen molar-refractivity contribution in [3.8, 4) is 11.5 Å². The Morgan fingerprint density at radius 2 is 1.61 bits per heavy atom. The molecule has 94 valence electrons. The quantitative estimate of drug-likeness (QED) is 0.815.